The monoisotopic (exact) mass is 307 g/mol. The minimum atomic E-state index is -0.833. The van der Waals surface area contributed by atoms with Crippen LogP contribution in [0.15, 0.2) is 24.3 Å². The number of aliphatic carboxylic acids is 1. The van der Waals surface area contributed by atoms with Crippen LogP contribution in [-0.2, 0) is 16.0 Å². The second kappa shape index (κ2) is 10.7. The molecule has 0 unspecified atom stereocenters. The van der Waals surface area contributed by atoms with E-state index in [-0.39, 0.29) is 12.3 Å². The highest BCUT2D eigenvalue weighted by atomic mass is 16.5. The van der Waals surface area contributed by atoms with Gasteiger partial charge in [0.25, 0.3) is 0 Å². The Morgan fingerprint density at radius 1 is 1.14 bits per heavy atom. The van der Waals surface area contributed by atoms with E-state index in [1.54, 1.807) is 0 Å². The van der Waals surface area contributed by atoms with Gasteiger partial charge in [0.15, 0.2) is 0 Å². The average molecular weight is 307 g/mol. The third kappa shape index (κ3) is 8.29. The highest BCUT2D eigenvalue weighted by Crippen LogP contribution is 2.14. The Hall–Kier alpha value is -2.04. The lowest BCUT2D eigenvalue weighted by molar-refractivity contribution is -0.137. The van der Waals surface area contributed by atoms with Gasteiger partial charge in [-0.2, -0.15) is 0 Å². The molecule has 2 N–H and O–H groups in total. The molecule has 0 aliphatic carbocycles. The molecule has 0 bridgehead atoms. The van der Waals surface area contributed by atoms with Gasteiger partial charge >= 0.3 is 5.97 Å². The molecule has 1 aromatic carbocycles. The number of carbonyl (C=O) groups is 2. The van der Waals surface area contributed by atoms with Gasteiger partial charge in [0.1, 0.15) is 5.75 Å². The van der Waals surface area contributed by atoms with Crippen molar-refractivity contribution < 1.29 is 19.4 Å². The number of carboxylic acid groups (broad SMARTS) is 1. The summed E-state index contributed by atoms with van der Waals surface area (Å²) in [5.74, 6) is 0.0238. The molecule has 0 aliphatic heterocycles. The molecule has 1 amide bonds. The molecule has 1 rings (SSSR count). The Kier molecular flexibility index (Phi) is 8.72. The Morgan fingerprint density at radius 2 is 1.86 bits per heavy atom. The quantitative estimate of drug-likeness (QED) is 0.616. The fraction of sp³-hybridized carbons (Fsp3) is 0.529. The number of ether oxygens (including phenoxy) is 1. The van der Waals surface area contributed by atoms with Gasteiger partial charge in [0, 0.05) is 19.4 Å². The minimum absolute atomic E-state index is 0.0201. The first-order chi connectivity index (χ1) is 10.6. The van der Waals surface area contributed by atoms with Gasteiger partial charge < -0.3 is 15.2 Å². The number of carbonyl (C=O) groups excluding carboxylic acids is 1. The highest BCUT2D eigenvalue weighted by Gasteiger charge is 2.03. The number of benzene rings is 1. The molecule has 0 saturated heterocycles. The number of aryl methyl sites for hydroxylation is 1. The molecule has 5 nitrogen and oxygen atoms in total. The van der Waals surface area contributed by atoms with E-state index in [4.69, 9.17) is 9.84 Å². The van der Waals surface area contributed by atoms with Crippen molar-refractivity contribution in [3.05, 3.63) is 29.8 Å². The standard InChI is InChI=1S/C17H25NO4/c1-2-13-22-15-10-8-14(9-11-15)5-3-6-16(19)18-12-4-7-17(20)21/h8-11H,2-7,12-13H2,1H3,(H,18,19)(H,20,21). The fourth-order valence-corrected chi connectivity index (χ4v) is 1.98. The summed E-state index contributed by atoms with van der Waals surface area (Å²) in [6.45, 7) is 3.22. The summed E-state index contributed by atoms with van der Waals surface area (Å²) in [6.07, 6.45) is 3.63. The van der Waals surface area contributed by atoms with Crippen molar-refractivity contribution >= 4 is 11.9 Å². The summed E-state index contributed by atoms with van der Waals surface area (Å²) in [6, 6.07) is 7.96. The van der Waals surface area contributed by atoms with E-state index in [9.17, 15) is 9.59 Å². The zero-order chi connectivity index (χ0) is 16.2. The van der Waals surface area contributed by atoms with E-state index in [2.05, 4.69) is 12.2 Å². The lowest BCUT2D eigenvalue weighted by Gasteiger charge is -2.06. The van der Waals surface area contributed by atoms with Gasteiger partial charge in [0.2, 0.25) is 5.91 Å². The predicted octanol–water partition coefficient (Wildman–Crippen LogP) is 2.78. The summed E-state index contributed by atoms with van der Waals surface area (Å²) in [5.41, 5.74) is 1.18. The maximum atomic E-state index is 11.6. The van der Waals surface area contributed by atoms with E-state index in [0.717, 1.165) is 31.6 Å². The maximum absolute atomic E-state index is 11.6. The number of hydrogen-bond donors (Lipinski definition) is 2. The second-order valence-electron chi connectivity index (χ2n) is 5.19. The summed E-state index contributed by atoms with van der Waals surface area (Å²) in [4.78, 5) is 21.9. The van der Waals surface area contributed by atoms with E-state index in [0.29, 0.717) is 19.4 Å². The third-order valence-electron chi connectivity index (χ3n) is 3.16. The second-order valence-corrected chi connectivity index (χ2v) is 5.19. The zero-order valence-corrected chi connectivity index (χ0v) is 13.1. The molecule has 122 valence electrons. The zero-order valence-electron chi connectivity index (χ0n) is 13.1. The summed E-state index contributed by atoms with van der Waals surface area (Å²) >= 11 is 0. The first kappa shape index (κ1) is 18.0. The number of carboxylic acids is 1. The molecule has 0 atom stereocenters. The van der Waals surface area contributed by atoms with Gasteiger partial charge in [-0.25, -0.2) is 0 Å². The predicted molar refractivity (Wildman–Crippen MR) is 85.0 cm³/mol. The molecule has 0 aliphatic rings. The normalized spacial score (nSPS) is 10.2. The minimum Gasteiger partial charge on any atom is -0.494 e. The molecule has 22 heavy (non-hydrogen) atoms. The Morgan fingerprint density at radius 3 is 2.50 bits per heavy atom. The van der Waals surface area contributed by atoms with Crippen LogP contribution in [0, 0.1) is 0 Å². The van der Waals surface area contributed by atoms with Crippen LogP contribution in [-0.4, -0.2) is 30.1 Å². The fourth-order valence-electron chi connectivity index (χ4n) is 1.98. The molecular formula is C17H25NO4. The van der Waals surface area contributed by atoms with Gasteiger partial charge in [-0.05, 0) is 43.4 Å². The van der Waals surface area contributed by atoms with Crippen molar-refractivity contribution in [2.45, 2.75) is 45.4 Å². The number of amides is 1. The van der Waals surface area contributed by atoms with Crippen LogP contribution in [0.2, 0.25) is 0 Å². The van der Waals surface area contributed by atoms with Crippen LogP contribution in [0.3, 0.4) is 0 Å². The number of nitrogens with one attached hydrogen (secondary N) is 1. The molecule has 0 heterocycles. The number of hydrogen-bond acceptors (Lipinski definition) is 3. The maximum Gasteiger partial charge on any atom is 0.303 e. The lowest BCUT2D eigenvalue weighted by atomic mass is 10.1. The Labute approximate surface area is 131 Å². The van der Waals surface area contributed by atoms with Crippen LogP contribution < -0.4 is 10.1 Å². The lowest BCUT2D eigenvalue weighted by Crippen LogP contribution is -2.24. The van der Waals surface area contributed by atoms with Crippen LogP contribution >= 0.6 is 0 Å². The smallest absolute Gasteiger partial charge is 0.303 e. The third-order valence-corrected chi connectivity index (χ3v) is 3.16. The molecule has 5 heteroatoms. The van der Waals surface area contributed by atoms with Gasteiger partial charge in [-0.3, -0.25) is 9.59 Å². The highest BCUT2D eigenvalue weighted by molar-refractivity contribution is 5.75. The van der Waals surface area contributed by atoms with Crippen molar-refractivity contribution in [3.63, 3.8) is 0 Å². The molecule has 0 fully saturated rings. The van der Waals surface area contributed by atoms with Crippen LogP contribution in [0.5, 0.6) is 5.75 Å². The van der Waals surface area contributed by atoms with Crippen molar-refractivity contribution in [2.24, 2.45) is 0 Å². The number of rotatable bonds is 11. The van der Waals surface area contributed by atoms with Crippen molar-refractivity contribution in [1.82, 2.24) is 5.32 Å². The first-order valence-electron chi connectivity index (χ1n) is 7.82. The topological polar surface area (TPSA) is 75.6 Å². The van der Waals surface area contributed by atoms with E-state index < -0.39 is 5.97 Å². The van der Waals surface area contributed by atoms with E-state index in [1.807, 2.05) is 24.3 Å². The molecule has 0 saturated carbocycles. The Balaban J connectivity index is 2.15. The van der Waals surface area contributed by atoms with Crippen molar-refractivity contribution in [1.29, 1.82) is 0 Å². The molecule has 1 aromatic rings. The molecule has 0 spiro atoms. The van der Waals surface area contributed by atoms with E-state index >= 15 is 0 Å². The summed E-state index contributed by atoms with van der Waals surface area (Å²) in [5, 5.41) is 11.2. The van der Waals surface area contributed by atoms with E-state index in [1.165, 1.54) is 5.56 Å². The average Bonchev–Trinajstić information content (AvgIpc) is 2.50. The molecule has 0 aromatic heterocycles. The summed E-state index contributed by atoms with van der Waals surface area (Å²) < 4.78 is 5.52. The first-order valence-corrected chi connectivity index (χ1v) is 7.82. The largest absolute Gasteiger partial charge is 0.494 e. The van der Waals surface area contributed by atoms with Crippen LogP contribution in [0.25, 0.3) is 0 Å². The van der Waals surface area contributed by atoms with Gasteiger partial charge in [-0.1, -0.05) is 19.1 Å². The molecule has 0 radical (unpaired) electrons. The van der Waals surface area contributed by atoms with Gasteiger partial charge in [0.05, 0.1) is 6.61 Å². The van der Waals surface area contributed by atoms with Crippen LogP contribution in [0.1, 0.15) is 44.6 Å². The van der Waals surface area contributed by atoms with Crippen LogP contribution in [0.4, 0.5) is 0 Å². The Bertz CT molecular complexity index is 456. The SMILES string of the molecule is CCCOc1ccc(CCCC(=O)NCCCC(=O)O)cc1. The van der Waals surface area contributed by atoms with Crippen molar-refractivity contribution in [2.75, 3.05) is 13.2 Å². The summed E-state index contributed by atoms with van der Waals surface area (Å²) in [7, 11) is 0. The molecular weight excluding hydrogens is 282 g/mol. The van der Waals surface area contributed by atoms with Gasteiger partial charge in [-0.15, -0.1) is 0 Å². The van der Waals surface area contributed by atoms with Crippen molar-refractivity contribution in [3.8, 4) is 5.75 Å².